The molecule has 2 aliphatic heterocycles. The van der Waals surface area contributed by atoms with E-state index in [-0.39, 0.29) is 5.41 Å². The maximum atomic E-state index is 5.78. The number of nitrogens with one attached hydrogen (secondary N) is 2. The maximum absolute atomic E-state index is 5.78. The molecule has 1 saturated carbocycles. The minimum Gasteiger partial charge on any atom is -0.378 e. The second-order valence-electron chi connectivity index (χ2n) is 10.4. The summed E-state index contributed by atoms with van der Waals surface area (Å²) in [4.78, 5) is 14.5. The SMILES string of the molecule is S=C(NCC1(c2ccccc2)CCCCC1)Nc1nc(N2CCCCCC2)cc(N2CCOCC2)n1. The van der Waals surface area contributed by atoms with Gasteiger partial charge in [-0.15, -0.1) is 0 Å². The molecule has 5 rings (SSSR count). The van der Waals surface area contributed by atoms with Gasteiger partial charge >= 0.3 is 0 Å². The lowest BCUT2D eigenvalue weighted by molar-refractivity contribution is 0.122. The maximum Gasteiger partial charge on any atom is 0.232 e. The highest BCUT2D eigenvalue weighted by molar-refractivity contribution is 7.80. The first-order chi connectivity index (χ1) is 17.7. The van der Waals surface area contributed by atoms with Gasteiger partial charge in [-0.25, -0.2) is 0 Å². The van der Waals surface area contributed by atoms with Crippen molar-refractivity contribution >= 4 is 34.9 Å². The van der Waals surface area contributed by atoms with Crippen molar-refractivity contribution in [3.05, 3.63) is 42.0 Å². The van der Waals surface area contributed by atoms with Gasteiger partial charge < -0.3 is 25.2 Å². The van der Waals surface area contributed by atoms with Gasteiger partial charge in [-0.2, -0.15) is 9.97 Å². The molecule has 0 bridgehead atoms. The fraction of sp³-hybridized carbons (Fsp3) is 0.607. The molecule has 0 amide bonds. The van der Waals surface area contributed by atoms with Crippen LogP contribution in [0, 0.1) is 0 Å². The zero-order valence-electron chi connectivity index (χ0n) is 21.4. The van der Waals surface area contributed by atoms with E-state index in [1.807, 2.05) is 0 Å². The van der Waals surface area contributed by atoms with Crippen molar-refractivity contribution in [1.82, 2.24) is 15.3 Å². The standard InChI is InChI=1S/C28H40N6OS/c36-27(29-22-28(13-7-4-8-14-28)23-11-5-3-6-12-23)32-26-30-24(33-15-9-1-2-10-16-33)21-25(31-26)34-17-19-35-20-18-34/h3,5-6,11-12,21H,1-2,4,7-10,13-20,22H2,(H2,29,30,31,32,36). The first-order valence-electron chi connectivity index (χ1n) is 13.8. The molecule has 1 aromatic heterocycles. The van der Waals surface area contributed by atoms with Gasteiger partial charge in [0.05, 0.1) is 13.2 Å². The summed E-state index contributed by atoms with van der Waals surface area (Å²) >= 11 is 5.78. The van der Waals surface area contributed by atoms with Crippen LogP contribution in [0.25, 0.3) is 0 Å². The lowest BCUT2D eigenvalue weighted by Crippen LogP contribution is -2.43. The van der Waals surface area contributed by atoms with Gasteiger partial charge in [0.2, 0.25) is 5.95 Å². The number of aromatic nitrogens is 2. The molecule has 8 heteroatoms. The lowest BCUT2D eigenvalue weighted by atomic mass is 9.69. The Balaban J connectivity index is 1.31. The summed E-state index contributed by atoms with van der Waals surface area (Å²) in [5.41, 5.74) is 1.54. The average Bonchev–Trinajstić information content (AvgIpc) is 3.23. The molecule has 3 aliphatic rings. The topological polar surface area (TPSA) is 65.6 Å². The van der Waals surface area contributed by atoms with E-state index in [1.165, 1.54) is 63.4 Å². The summed E-state index contributed by atoms with van der Waals surface area (Å²) in [5.74, 6) is 2.52. The summed E-state index contributed by atoms with van der Waals surface area (Å²) in [7, 11) is 0. The van der Waals surface area contributed by atoms with E-state index in [1.54, 1.807) is 0 Å². The van der Waals surface area contributed by atoms with Gasteiger partial charge in [-0.1, -0.05) is 62.4 Å². The van der Waals surface area contributed by atoms with Gasteiger partial charge in [0.25, 0.3) is 0 Å². The van der Waals surface area contributed by atoms with Gasteiger partial charge in [0, 0.05) is 44.2 Å². The van der Waals surface area contributed by atoms with Crippen molar-refractivity contribution in [3.8, 4) is 0 Å². The van der Waals surface area contributed by atoms with Gasteiger partial charge in [-0.05, 0) is 43.5 Å². The van der Waals surface area contributed by atoms with Crippen LogP contribution in [0.2, 0.25) is 0 Å². The Bertz CT molecular complexity index is 983. The van der Waals surface area contributed by atoms with Crippen LogP contribution in [-0.4, -0.2) is 61.0 Å². The number of hydrogen-bond donors (Lipinski definition) is 2. The largest absolute Gasteiger partial charge is 0.378 e. The second-order valence-corrected chi connectivity index (χ2v) is 10.8. The fourth-order valence-corrected chi connectivity index (χ4v) is 6.04. The zero-order chi connectivity index (χ0) is 24.6. The summed E-state index contributed by atoms with van der Waals surface area (Å²) < 4.78 is 5.57. The average molecular weight is 509 g/mol. The predicted octanol–water partition coefficient (Wildman–Crippen LogP) is 4.88. The normalized spacial score (nSPS) is 20.4. The Morgan fingerprint density at radius 2 is 1.44 bits per heavy atom. The predicted molar refractivity (Wildman–Crippen MR) is 151 cm³/mol. The highest BCUT2D eigenvalue weighted by Gasteiger charge is 2.33. The molecule has 194 valence electrons. The van der Waals surface area contributed by atoms with Crippen molar-refractivity contribution < 1.29 is 4.74 Å². The number of anilines is 3. The van der Waals surface area contributed by atoms with Gasteiger partial charge in [0.1, 0.15) is 11.6 Å². The summed E-state index contributed by atoms with van der Waals surface area (Å²) in [6.45, 7) is 6.06. The summed E-state index contributed by atoms with van der Waals surface area (Å²) in [6, 6.07) is 13.1. The van der Waals surface area contributed by atoms with E-state index in [4.69, 9.17) is 26.9 Å². The van der Waals surface area contributed by atoms with Crippen molar-refractivity contribution in [1.29, 1.82) is 0 Å². The Morgan fingerprint density at radius 1 is 0.833 bits per heavy atom. The molecule has 1 aromatic carbocycles. The Kier molecular flexibility index (Phi) is 8.54. The molecule has 7 nitrogen and oxygen atoms in total. The van der Waals surface area contributed by atoms with Crippen molar-refractivity contribution in [2.24, 2.45) is 0 Å². The van der Waals surface area contributed by atoms with Gasteiger partial charge in [-0.3, -0.25) is 0 Å². The molecule has 0 spiro atoms. The third kappa shape index (κ3) is 6.27. The molecule has 0 unspecified atom stereocenters. The van der Waals surface area contributed by atoms with Crippen molar-refractivity contribution in [3.63, 3.8) is 0 Å². The van der Waals surface area contributed by atoms with Crippen LogP contribution in [0.4, 0.5) is 17.6 Å². The zero-order valence-corrected chi connectivity index (χ0v) is 22.2. The smallest absolute Gasteiger partial charge is 0.232 e. The molecule has 36 heavy (non-hydrogen) atoms. The van der Waals surface area contributed by atoms with Gasteiger partial charge in [0.15, 0.2) is 5.11 Å². The van der Waals surface area contributed by atoms with E-state index in [0.717, 1.165) is 57.6 Å². The first-order valence-corrected chi connectivity index (χ1v) is 14.2. The van der Waals surface area contributed by atoms with E-state index in [9.17, 15) is 0 Å². The second kappa shape index (κ2) is 12.2. The minimum atomic E-state index is 0.124. The molecule has 1 aliphatic carbocycles. The third-order valence-corrected chi connectivity index (χ3v) is 8.22. The Morgan fingerprint density at radius 3 is 2.11 bits per heavy atom. The van der Waals surface area contributed by atoms with E-state index in [2.05, 4.69) is 56.8 Å². The molecule has 2 aromatic rings. The van der Waals surface area contributed by atoms with Crippen molar-refractivity contribution in [2.45, 2.75) is 63.2 Å². The molecular weight excluding hydrogens is 468 g/mol. The minimum absolute atomic E-state index is 0.124. The molecule has 3 heterocycles. The van der Waals surface area contributed by atoms with Crippen LogP contribution in [0.3, 0.4) is 0 Å². The summed E-state index contributed by atoms with van der Waals surface area (Å²) in [5, 5.41) is 7.47. The van der Waals surface area contributed by atoms with Crippen LogP contribution < -0.4 is 20.4 Å². The van der Waals surface area contributed by atoms with Crippen LogP contribution >= 0.6 is 12.2 Å². The lowest BCUT2D eigenvalue weighted by Gasteiger charge is -2.38. The van der Waals surface area contributed by atoms with E-state index >= 15 is 0 Å². The Hall–Kier alpha value is -2.45. The number of thiocarbonyl (C=S) groups is 1. The molecule has 3 fully saturated rings. The molecule has 2 saturated heterocycles. The first kappa shape index (κ1) is 25.2. The number of morpholine rings is 1. The summed E-state index contributed by atoms with van der Waals surface area (Å²) in [6.07, 6.45) is 11.2. The van der Waals surface area contributed by atoms with Crippen LogP contribution in [-0.2, 0) is 10.2 Å². The number of ether oxygens (including phenoxy) is 1. The van der Waals surface area contributed by atoms with Crippen LogP contribution in [0.1, 0.15) is 63.4 Å². The molecule has 2 N–H and O–H groups in total. The van der Waals surface area contributed by atoms with E-state index in [0.29, 0.717) is 11.1 Å². The Labute approximate surface area is 221 Å². The number of nitrogens with zero attached hydrogens (tertiary/aromatic N) is 4. The van der Waals surface area contributed by atoms with Crippen LogP contribution in [0.5, 0.6) is 0 Å². The third-order valence-electron chi connectivity index (χ3n) is 7.97. The fourth-order valence-electron chi connectivity index (χ4n) is 5.88. The molecule has 0 radical (unpaired) electrons. The van der Waals surface area contributed by atoms with E-state index < -0.39 is 0 Å². The highest BCUT2D eigenvalue weighted by Crippen LogP contribution is 2.39. The number of rotatable bonds is 6. The number of hydrogen-bond acceptors (Lipinski definition) is 6. The quantitative estimate of drug-likeness (QED) is 0.535. The molecule has 0 atom stereocenters. The number of benzene rings is 1. The monoisotopic (exact) mass is 508 g/mol. The van der Waals surface area contributed by atoms with Crippen molar-refractivity contribution in [2.75, 3.05) is 61.1 Å². The van der Waals surface area contributed by atoms with Crippen LogP contribution in [0.15, 0.2) is 36.4 Å². The molecular formula is C28H40N6OS. The highest BCUT2D eigenvalue weighted by atomic mass is 32.1.